The van der Waals surface area contributed by atoms with Gasteiger partial charge in [-0.05, 0) is 43.0 Å². The first kappa shape index (κ1) is 19.6. The SMILES string of the molecule is COc1ccccc1-n1c[n+](-c2ccccc2OC)c2c1[C@H](C(C)C)CC[C@H]2C. The monoisotopic (exact) mass is 391 g/mol. The second-order valence-electron chi connectivity index (χ2n) is 8.30. The highest BCUT2D eigenvalue weighted by Gasteiger charge is 2.40. The fourth-order valence-corrected chi connectivity index (χ4v) is 4.74. The molecule has 0 bridgehead atoms. The zero-order chi connectivity index (χ0) is 20.5. The third-order valence-electron chi connectivity index (χ3n) is 6.24. The number of hydrogen-bond donors (Lipinski definition) is 0. The van der Waals surface area contributed by atoms with E-state index in [0.717, 1.165) is 22.9 Å². The second-order valence-corrected chi connectivity index (χ2v) is 8.30. The second kappa shape index (κ2) is 7.94. The highest BCUT2D eigenvalue weighted by Crippen LogP contribution is 2.43. The summed E-state index contributed by atoms with van der Waals surface area (Å²) >= 11 is 0. The van der Waals surface area contributed by atoms with Gasteiger partial charge in [0.1, 0.15) is 0 Å². The third kappa shape index (κ3) is 3.31. The lowest BCUT2D eigenvalue weighted by Crippen LogP contribution is -2.36. The molecule has 0 fully saturated rings. The summed E-state index contributed by atoms with van der Waals surface area (Å²) in [5.74, 6) is 3.31. The molecule has 0 saturated carbocycles. The molecular formula is C25H31N2O2+. The Balaban J connectivity index is 2.04. The topological polar surface area (TPSA) is 27.3 Å². The molecule has 1 heterocycles. The normalized spacial score (nSPS) is 18.6. The summed E-state index contributed by atoms with van der Waals surface area (Å²) < 4.78 is 16.1. The average Bonchev–Trinajstić information content (AvgIpc) is 3.14. The zero-order valence-corrected chi connectivity index (χ0v) is 18.1. The number of imidazole rings is 1. The maximum absolute atomic E-state index is 5.72. The van der Waals surface area contributed by atoms with Crippen molar-refractivity contribution in [3.63, 3.8) is 0 Å². The molecule has 1 aliphatic rings. The number of ether oxygens (including phenoxy) is 2. The van der Waals surface area contributed by atoms with Crippen molar-refractivity contribution in [2.24, 2.45) is 5.92 Å². The molecule has 152 valence electrons. The molecular weight excluding hydrogens is 360 g/mol. The van der Waals surface area contributed by atoms with E-state index in [0.29, 0.717) is 17.8 Å². The van der Waals surface area contributed by atoms with Crippen molar-refractivity contribution in [3.05, 3.63) is 66.2 Å². The van der Waals surface area contributed by atoms with E-state index >= 15 is 0 Å². The van der Waals surface area contributed by atoms with E-state index in [1.54, 1.807) is 14.2 Å². The van der Waals surface area contributed by atoms with E-state index in [2.05, 4.69) is 60.5 Å². The average molecular weight is 392 g/mol. The molecule has 0 spiro atoms. The molecule has 2 atom stereocenters. The van der Waals surface area contributed by atoms with E-state index in [1.165, 1.54) is 24.2 Å². The van der Waals surface area contributed by atoms with E-state index in [1.807, 2.05) is 24.3 Å². The lowest BCUT2D eigenvalue weighted by molar-refractivity contribution is -0.605. The fourth-order valence-electron chi connectivity index (χ4n) is 4.74. The van der Waals surface area contributed by atoms with Crippen molar-refractivity contribution in [2.75, 3.05) is 14.2 Å². The largest absolute Gasteiger partial charge is 0.492 e. The molecule has 0 saturated heterocycles. The molecule has 0 N–H and O–H groups in total. The minimum Gasteiger partial charge on any atom is -0.492 e. The predicted molar refractivity (Wildman–Crippen MR) is 116 cm³/mol. The molecule has 0 aliphatic heterocycles. The van der Waals surface area contributed by atoms with Gasteiger partial charge in [-0.25, -0.2) is 0 Å². The molecule has 4 nitrogen and oxygen atoms in total. The van der Waals surface area contributed by atoms with Crippen LogP contribution in [0.15, 0.2) is 54.9 Å². The Kier molecular flexibility index (Phi) is 5.35. The van der Waals surface area contributed by atoms with Gasteiger partial charge >= 0.3 is 0 Å². The summed E-state index contributed by atoms with van der Waals surface area (Å²) in [4.78, 5) is 0. The number of para-hydroxylation sites is 4. The summed E-state index contributed by atoms with van der Waals surface area (Å²) in [6, 6.07) is 16.5. The van der Waals surface area contributed by atoms with Crippen molar-refractivity contribution in [1.82, 2.24) is 4.57 Å². The smallest absolute Gasteiger partial charge is 0.254 e. The summed E-state index contributed by atoms with van der Waals surface area (Å²) in [7, 11) is 3.48. The Morgan fingerprint density at radius 2 is 1.59 bits per heavy atom. The van der Waals surface area contributed by atoms with Crippen LogP contribution in [0.4, 0.5) is 0 Å². The molecule has 29 heavy (non-hydrogen) atoms. The van der Waals surface area contributed by atoms with Crippen LogP contribution in [0.2, 0.25) is 0 Å². The van der Waals surface area contributed by atoms with Crippen LogP contribution in [0.3, 0.4) is 0 Å². The summed E-state index contributed by atoms with van der Waals surface area (Å²) in [6.45, 7) is 7.00. The molecule has 4 rings (SSSR count). The lowest BCUT2D eigenvalue weighted by Gasteiger charge is -2.27. The first-order valence-corrected chi connectivity index (χ1v) is 10.5. The van der Waals surface area contributed by atoms with Gasteiger partial charge in [0.25, 0.3) is 6.33 Å². The van der Waals surface area contributed by atoms with Gasteiger partial charge in [0, 0.05) is 11.8 Å². The van der Waals surface area contributed by atoms with Crippen LogP contribution >= 0.6 is 0 Å². The van der Waals surface area contributed by atoms with Crippen LogP contribution in [0, 0.1) is 5.92 Å². The van der Waals surface area contributed by atoms with Gasteiger partial charge in [0.2, 0.25) is 0 Å². The highest BCUT2D eigenvalue weighted by atomic mass is 16.5. The standard InChI is InChI=1S/C25H31N2O2/c1-17(2)19-15-14-18(3)24-25(19)27(21-11-7-9-13-23(21)29-5)16-26(24)20-10-6-8-12-22(20)28-4/h6-13,16-19H,14-15H2,1-5H3/q+1/t18-,19+/m1/s1. The maximum Gasteiger partial charge on any atom is 0.254 e. The molecule has 1 aliphatic carbocycles. The predicted octanol–water partition coefficient (Wildman–Crippen LogP) is 5.41. The Morgan fingerprint density at radius 3 is 2.28 bits per heavy atom. The first-order chi connectivity index (χ1) is 14.1. The van der Waals surface area contributed by atoms with Crippen LogP contribution in [-0.4, -0.2) is 18.8 Å². The van der Waals surface area contributed by atoms with E-state index in [4.69, 9.17) is 9.47 Å². The Hall–Kier alpha value is -2.75. The van der Waals surface area contributed by atoms with Crippen molar-refractivity contribution < 1.29 is 14.0 Å². The number of fused-ring (bicyclic) bond motifs is 1. The quantitative estimate of drug-likeness (QED) is 0.544. The number of aromatic nitrogens is 2. The molecule has 0 unspecified atom stereocenters. The van der Waals surface area contributed by atoms with Gasteiger partial charge in [-0.15, -0.1) is 0 Å². The minimum atomic E-state index is 0.473. The van der Waals surface area contributed by atoms with Gasteiger partial charge in [0.15, 0.2) is 34.3 Å². The zero-order valence-electron chi connectivity index (χ0n) is 18.1. The number of hydrogen-bond acceptors (Lipinski definition) is 2. The molecule has 0 amide bonds. The molecule has 3 aromatic rings. The van der Waals surface area contributed by atoms with Crippen molar-refractivity contribution in [1.29, 1.82) is 0 Å². The minimum absolute atomic E-state index is 0.473. The molecule has 1 aromatic heterocycles. The van der Waals surface area contributed by atoms with E-state index < -0.39 is 0 Å². The number of rotatable bonds is 5. The highest BCUT2D eigenvalue weighted by molar-refractivity contribution is 5.49. The van der Waals surface area contributed by atoms with Gasteiger partial charge in [-0.2, -0.15) is 9.13 Å². The van der Waals surface area contributed by atoms with Crippen molar-refractivity contribution in [2.45, 2.75) is 45.4 Å². The van der Waals surface area contributed by atoms with Crippen LogP contribution in [-0.2, 0) is 0 Å². The van der Waals surface area contributed by atoms with Crippen molar-refractivity contribution in [3.8, 4) is 22.9 Å². The van der Waals surface area contributed by atoms with E-state index in [-0.39, 0.29) is 0 Å². The van der Waals surface area contributed by atoms with Crippen LogP contribution < -0.4 is 14.0 Å². The number of nitrogens with zero attached hydrogens (tertiary/aromatic N) is 2. The van der Waals surface area contributed by atoms with Crippen LogP contribution in [0.5, 0.6) is 11.5 Å². The molecule has 4 heteroatoms. The van der Waals surface area contributed by atoms with Crippen LogP contribution in [0.25, 0.3) is 11.4 Å². The Bertz CT molecular complexity index is 1010. The molecule has 2 aromatic carbocycles. The number of benzene rings is 2. The van der Waals surface area contributed by atoms with Gasteiger partial charge in [-0.1, -0.05) is 45.0 Å². The van der Waals surface area contributed by atoms with E-state index in [9.17, 15) is 0 Å². The maximum atomic E-state index is 5.72. The summed E-state index contributed by atoms with van der Waals surface area (Å²) in [6.07, 6.45) is 4.62. The Labute approximate surface area is 173 Å². The third-order valence-corrected chi connectivity index (χ3v) is 6.24. The van der Waals surface area contributed by atoms with Gasteiger partial charge in [-0.3, -0.25) is 0 Å². The lowest BCUT2D eigenvalue weighted by atomic mass is 9.78. The molecule has 0 radical (unpaired) electrons. The first-order valence-electron chi connectivity index (χ1n) is 10.5. The fraction of sp³-hybridized carbons (Fsp3) is 0.400. The summed E-state index contributed by atoms with van der Waals surface area (Å²) in [5.41, 5.74) is 4.94. The van der Waals surface area contributed by atoms with Crippen molar-refractivity contribution >= 4 is 0 Å². The van der Waals surface area contributed by atoms with Gasteiger partial charge < -0.3 is 9.47 Å². The van der Waals surface area contributed by atoms with Crippen LogP contribution in [0.1, 0.15) is 56.8 Å². The summed E-state index contributed by atoms with van der Waals surface area (Å²) in [5, 5.41) is 0. The Morgan fingerprint density at radius 1 is 0.931 bits per heavy atom. The van der Waals surface area contributed by atoms with Gasteiger partial charge in [0.05, 0.1) is 14.2 Å². The number of methoxy groups -OCH3 is 2.